The van der Waals surface area contributed by atoms with E-state index < -0.39 is 0 Å². The molecule has 16 heavy (non-hydrogen) atoms. The van der Waals surface area contributed by atoms with Crippen LogP contribution in [0.3, 0.4) is 0 Å². The first-order chi connectivity index (χ1) is 7.86. The average Bonchev–Trinajstić information content (AvgIpc) is 2.73. The number of aromatic nitrogens is 1. The van der Waals surface area contributed by atoms with E-state index in [4.69, 9.17) is 0 Å². The number of hydrogen-bond acceptors (Lipinski definition) is 1. The molecule has 0 spiro atoms. The molecule has 1 aromatic carbocycles. The SMILES string of the molecule is Cn1ccc2c(C3=CCCNC3)cccc21. The summed E-state index contributed by atoms with van der Waals surface area (Å²) in [4.78, 5) is 0. The molecule has 1 aliphatic heterocycles. The van der Waals surface area contributed by atoms with Crippen LogP contribution in [-0.4, -0.2) is 17.7 Å². The fourth-order valence-electron chi connectivity index (χ4n) is 2.43. The van der Waals surface area contributed by atoms with E-state index in [2.05, 4.69) is 53.5 Å². The summed E-state index contributed by atoms with van der Waals surface area (Å²) < 4.78 is 2.18. The summed E-state index contributed by atoms with van der Waals surface area (Å²) in [5, 5.41) is 4.79. The number of aryl methyl sites for hydroxylation is 1. The highest BCUT2D eigenvalue weighted by Crippen LogP contribution is 2.26. The zero-order chi connectivity index (χ0) is 11.0. The van der Waals surface area contributed by atoms with Crippen LogP contribution in [0.4, 0.5) is 0 Å². The van der Waals surface area contributed by atoms with Crippen LogP contribution in [0.15, 0.2) is 36.5 Å². The van der Waals surface area contributed by atoms with Gasteiger partial charge in [-0.25, -0.2) is 0 Å². The summed E-state index contributed by atoms with van der Waals surface area (Å²) in [6, 6.07) is 8.75. The summed E-state index contributed by atoms with van der Waals surface area (Å²) >= 11 is 0. The van der Waals surface area contributed by atoms with E-state index in [1.807, 2.05) is 0 Å². The van der Waals surface area contributed by atoms with E-state index in [0.717, 1.165) is 19.5 Å². The van der Waals surface area contributed by atoms with E-state index in [1.54, 1.807) is 0 Å². The molecule has 0 fully saturated rings. The van der Waals surface area contributed by atoms with Crippen molar-refractivity contribution in [3.05, 3.63) is 42.1 Å². The molecule has 3 rings (SSSR count). The molecule has 0 amide bonds. The molecule has 0 unspecified atom stereocenters. The topological polar surface area (TPSA) is 17.0 Å². The first-order valence-electron chi connectivity index (χ1n) is 5.80. The minimum atomic E-state index is 0.994. The van der Waals surface area contributed by atoms with Crippen molar-refractivity contribution in [2.45, 2.75) is 6.42 Å². The zero-order valence-corrected chi connectivity index (χ0v) is 9.53. The van der Waals surface area contributed by atoms with Crippen molar-refractivity contribution in [1.82, 2.24) is 9.88 Å². The Balaban J connectivity index is 2.19. The third-order valence-electron chi connectivity index (χ3n) is 3.30. The standard InChI is InChI=1S/C14H16N2/c1-16-9-7-13-12(5-2-6-14(13)16)11-4-3-8-15-10-11/h2,4-7,9,15H,3,8,10H2,1H3. The second-order valence-corrected chi connectivity index (χ2v) is 4.36. The van der Waals surface area contributed by atoms with Gasteiger partial charge in [0.1, 0.15) is 0 Å². The highest BCUT2D eigenvalue weighted by Gasteiger charge is 2.09. The summed E-state index contributed by atoms with van der Waals surface area (Å²) in [7, 11) is 2.10. The van der Waals surface area contributed by atoms with Crippen LogP contribution in [0, 0.1) is 0 Å². The Morgan fingerprint density at radius 1 is 1.25 bits per heavy atom. The second kappa shape index (κ2) is 3.80. The van der Waals surface area contributed by atoms with Gasteiger partial charge in [-0.3, -0.25) is 0 Å². The first-order valence-corrected chi connectivity index (χ1v) is 5.80. The molecule has 82 valence electrons. The first kappa shape index (κ1) is 9.67. The predicted octanol–water partition coefficient (Wildman–Crippen LogP) is 2.56. The van der Waals surface area contributed by atoms with Crippen LogP contribution in [0.1, 0.15) is 12.0 Å². The minimum absolute atomic E-state index is 0.994. The molecule has 2 nitrogen and oxygen atoms in total. The van der Waals surface area contributed by atoms with Gasteiger partial charge in [0, 0.05) is 30.7 Å². The maximum absolute atomic E-state index is 3.43. The maximum atomic E-state index is 3.43. The molecule has 0 saturated heterocycles. The number of hydrogen-bond donors (Lipinski definition) is 1. The molecule has 2 heterocycles. The van der Waals surface area contributed by atoms with Crippen molar-refractivity contribution in [2.75, 3.05) is 13.1 Å². The van der Waals surface area contributed by atoms with Gasteiger partial charge < -0.3 is 9.88 Å². The van der Waals surface area contributed by atoms with Crippen molar-refractivity contribution < 1.29 is 0 Å². The molecule has 1 N–H and O–H groups in total. The maximum Gasteiger partial charge on any atom is 0.0483 e. The minimum Gasteiger partial charge on any atom is -0.351 e. The highest BCUT2D eigenvalue weighted by molar-refractivity contribution is 5.93. The van der Waals surface area contributed by atoms with E-state index in [0.29, 0.717) is 0 Å². The third-order valence-corrected chi connectivity index (χ3v) is 3.30. The van der Waals surface area contributed by atoms with Crippen molar-refractivity contribution in [3.8, 4) is 0 Å². The van der Waals surface area contributed by atoms with Gasteiger partial charge in [0.25, 0.3) is 0 Å². The number of nitrogens with zero attached hydrogens (tertiary/aromatic N) is 1. The summed E-state index contributed by atoms with van der Waals surface area (Å²) in [6.45, 7) is 2.10. The lowest BCUT2D eigenvalue weighted by Gasteiger charge is -2.15. The van der Waals surface area contributed by atoms with Crippen LogP contribution in [0.25, 0.3) is 16.5 Å². The molecular formula is C14H16N2. The van der Waals surface area contributed by atoms with Gasteiger partial charge in [-0.15, -0.1) is 0 Å². The van der Waals surface area contributed by atoms with Crippen molar-refractivity contribution >= 4 is 16.5 Å². The Morgan fingerprint density at radius 2 is 2.19 bits per heavy atom. The molecule has 0 saturated carbocycles. The number of benzene rings is 1. The van der Waals surface area contributed by atoms with Crippen LogP contribution >= 0.6 is 0 Å². The summed E-state index contributed by atoms with van der Waals surface area (Å²) in [6.07, 6.45) is 5.63. The zero-order valence-electron chi connectivity index (χ0n) is 9.53. The van der Waals surface area contributed by atoms with Gasteiger partial charge in [0.15, 0.2) is 0 Å². The van der Waals surface area contributed by atoms with Crippen molar-refractivity contribution in [1.29, 1.82) is 0 Å². The molecular weight excluding hydrogens is 196 g/mol. The van der Waals surface area contributed by atoms with Gasteiger partial charge in [-0.2, -0.15) is 0 Å². The Morgan fingerprint density at radius 3 is 3.00 bits per heavy atom. The van der Waals surface area contributed by atoms with Gasteiger partial charge >= 0.3 is 0 Å². The predicted molar refractivity (Wildman–Crippen MR) is 68.4 cm³/mol. The Bertz CT molecular complexity index is 549. The lowest BCUT2D eigenvalue weighted by molar-refractivity contribution is 0.739. The van der Waals surface area contributed by atoms with Crippen molar-refractivity contribution in [2.24, 2.45) is 7.05 Å². The molecule has 0 atom stereocenters. The monoisotopic (exact) mass is 212 g/mol. The Kier molecular flexibility index (Phi) is 2.29. The lowest BCUT2D eigenvalue weighted by atomic mass is 9.99. The van der Waals surface area contributed by atoms with Crippen LogP contribution < -0.4 is 5.32 Å². The number of rotatable bonds is 1. The van der Waals surface area contributed by atoms with E-state index >= 15 is 0 Å². The van der Waals surface area contributed by atoms with Gasteiger partial charge in [0.2, 0.25) is 0 Å². The number of nitrogens with one attached hydrogen (secondary N) is 1. The van der Waals surface area contributed by atoms with Gasteiger partial charge in [0.05, 0.1) is 0 Å². The molecule has 0 aliphatic carbocycles. The molecule has 0 bridgehead atoms. The molecule has 0 radical (unpaired) electrons. The molecule has 1 aliphatic rings. The molecule has 2 aromatic rings. The fourth-order valence-corrected chi connectivity index (χ4v) is 2.43. The second-order valence-electron chi connectivity index (χ2n) is 4.36. The molecule has 1 aromatic heterocycles. The average molecular weight is 212 g/mol. The van der Waals surface area contributed by atoms with E-state index in [9.17, 15) is 0 Å². The summed E-state index contributed by atoms with van der Waals surface area (Å²) in [5.74, 6) is 0. The van der Waals surface area contributed by atoms with Gasteiger partial charge in [-0.05, 0) is 36.2 Å². The summed E-state index contributed by atoms with van der Waals surface area (Å²) in [5.41, 5.74) is 4.12. The fraction of sp³-hybridized carbons (Fsp3) is 0.286. The Labute approximate surface area is 95.6 Å². The Hall–Kier alpha value is -1.54. The number of fused-ring (bicyclic) bond motifs is 1. The van der Waals surface area contributed by atoms with Crippen LogP contribution in [-0.2, 0) is 7.05 Å². The molecule has 2 heteroatoms. The van der Waals surface area contributed by atoms with Crippen molar-refractivity contribution in [3.63, 3.8) is 0 Å². The quantitative estimate of drug-likeness (QED) is 0.768. The largest absolute Gasteiger partial charge is 0.351 e. The third kappa shape index (κ3) is 1.46. The normalized spacial score (nSPS) is 16.4. The smallest absolute Gasteiger partial charge is 0.0483 e. The van der Waals surface area contributed by atoms with Gasteiger partial charge in [-0.1, -0.05) is 18.2 Å². The van der Waals surface area contributed by atoms with E-state index in [1.165, 1.54) is 22.0 Å². The van der Waals surface area contributed by atoms with Crippen LogP contribution in [0.2, 0.25) is 0 Å². The van der Waals surface area contributed by atoms with Crippen LogP contribution in [0.5, 0.6) is 0 Å². The van der Waals surface area contributed by atoms with E-state index in [-0.39, 0.29) is 0 Å². The highest BCUT2D eigenvalue weighted by atomic mass is 14.9. The lowest BCUT2D eigenvalue weighted by Crippen LogP contribution is -2.21.